The number of ether oxygens (including phenoxy) is 1. The van der Waals surface area contributed by atoms with Crippen LogP contribution in [0.4, 0.5) is 0 Å². The molecule has 0 spiro atoms. The van der Waals surface area contributed by atoms with Gasteiger partial charge in [-0.25, -0.2) is 0 Å². The maximum atomic E-state index is 6.25. The van der Waals surface area contributed by atoms with Crippen LogP contribution in [0.15, 0.2) is 36.7 Å². The van der Waals surface area contributed by atoms with E-state index in [0.717, 1.165) is 29.2 Å². The van der Waals surface area contributed by atoms with Crippen molar-refractivity contribution in [3.8, 4) is 0 Å². The molecule has 0 saturated carbocycles. The Morgan fingerprint density at radius 2 is 2.04 bits per heavy atom. The zero-order valence-corrected chi connectivity index (χ0v) is 14.5. The third kappa shape index (κ3) is 4.14. The number of hydrogen-bond donors (Lipinski definition) is 0. The summed E-state index contributed by atoms with van der Waals surface area (Å²) >= 11 is 6.01. The number of likely N-dealkylation sites (tertiary alicyclic amines) is 1. The van der Waals surface area contributed by atoms with Crippen LogP contribution in [0.25, 0.3) is 0 Å². The fourth-order valence-electron chi connectivity index (χ4n) is 3.26. The summed E-state index contributed by atoms with van der Waals surface area (Å²) in [5, 5.41) is 5.02. The number of aryl methyl sites for hydroxylation is 1. The third-order valence-electron chi connectivity index (χ3n) is 4.61. The van der Waals surface area contributed by atoms with Crippen molar-refractivity contribution < 1.29 is 4.74 Å². The minimum Gasteiger partial charge on any atom is -0.369 e. The molecule has 1 aliphatic rings. The SMILES string of the molecule is CN1CCCC1CCOC(c1ccc(Cl)cc1)c1cnn(C)c1. The Morgan fingerprint density at radius 1 is 1.26 bits per heavy atom. The van der Waals surface area contributed by atoms with E-state index < -0.39 is 0 Å². The molecule has 2 atom stereocenters. The lowest BCUT2D eigenvalue weighted by atomic mass is 10.0. The highest BCUT2D eigenvalue weighted by atomic mass is 35.5. The van der Waals surface area contributed by atoms with Crippen molar-refractivity contribution in [2.24, 2.45) is 7.05 Å². The van der Waals surface area contributed by atoms with Gasteiger partial charge in [0.25, 0.3) is 0 Å². The first kappa shape index (κ1) is 16.5. The van der Waals surface area contributed by atoms with Crippen molar-refractivity contribution in [1.29, 1.82) is 0 Å². The smallest absolute Gasteiger partial charge is 0.111 e. The van der Waals surface area contributed by atoms with Crippen molar-refractivity contribution >= 4 is 11.6 Å². The van der Waals surface area contributed by atoms with Crippen molar-refractivity contribution in [3.05, 3.63) is 52.8 Å². The Labute approximate surface area is 143 Å². The molecule has 0 bridgehead atoms. The van der Waals surface area contributed by atoms with Gasteiger partial charge in [-0.15, -0.1) is 0 Å². The summed E-state index contributed by atoms with van der Waals surface area (Å²) in [5.74, 6) is 0. The lowest BCUT2D eigenvalue weighted by Crippen LogP contribution is -2.26. The van der Waals surface area contributed by atoms with E-state index in [1.807, 2.05) is 48.4 Å². The van der Waals surface area contributed by atoms with Gasteiger partial charge in [0.2, 0.25) is 0 Å². The van der Waals surface area contributed by atoms with Gasteiger partial charge >= 0.3 is 0 Å². The maximum Gasteiger partial charge on any atom is 0.111 e. The highest BCUT2D eigenvalue weighted by molar-refractivity contribution is 6.30. The molecule has 4 nitrogen and oxygen atoms in total. The molecule has 0 N–H and O–H groups in total. The van der Waals surface area contributed by atoms with Crippen LogP contribution in [-0.2, 0) is 11.8 Å². The van der Waals surface area contributed by atoms with Crippen LogP contribution in [-0.4, -0.2) is 40.9 Å². The number of benzene rings is 1. The average Bonchev–Trinajstić information content (AvgIpc) is 3.14. The molecule has 0 aliphatic carbocycles. The minimum absolute atomic E-state index is 0.0901. The Morgan fingerprint density at radius 3 is 2.65 bits per heavy atom. The molecule has 2 unspecified atom stereocenters. The topological polar surface area (TPSA) is 30.3 Å². The summed E-state index contributed by atoms with van der Waals surface area (Å²) < 4.78 is 8.07. The summed E-state index contributed by atoms with van der Waals surface area (Å²) in [4.78, 5) is 2.44. The molecular weight excluding hydrogens is 310 g/mol. The van der Waals surface area contributed by atoms with Crippen LogP contribution in [0.1, 0.15) is 36.5 Å². The van der Waals surface area contributed by atoms with Crippen LogP contribution >= 0.6 is 11.6 Å². The van der Waals surface area contributed by atoms with Crippen molar-refractivity contribution in [3.63, 3.8) is 0 Å². The van der Waals surface area contributed by atoms with Crippen LogP contribution in [0.5, 0.6) is 0 Å². The highest BCUT2D eigenvalue weighted by Crippen LogP contribution is 2.28. The van der Waals surface area contributed by atoms with Crippen LogP contribution in [0.2, 0.25) is 5.02 Å². The maximum absolute atomic E-state index is 6.25. The van der Waals surface area contributed by atoms with E-state index in [1.165, 1.54) is 19.4 Å². The van der Waals surface area contributed by atoms with Crippen LogP contribution in [0.3, 0.4) is 0 Å². The van der Waals surface area contributed by atoms with Gasteiger partial charge in [-0.2, -0.15) is 5.10 Å². The van der Waals surface area contributed by atoms with Crippen molar-refractivity contribution in [2.45, 2.75) is 31.4 Å². The standard InChI is InChI=1S/C18H24ClN3O/c1-21-10-3-4-17(21)9-11-23-18(15-12-20-22(2)13-15)14-5-7-16(19)8-6-14/h5-8,12-13,17-18H,3-4,9-11H2,1-2H3. The summed E-state index contributed by atoms with van der Waals surface area (Å²) in [5.41, 5.74) is 2.19. The molecule has 124 valence electrons. The van der Waals surface area contributed by atoms with Gasteiger partial charge in [0.1, 0.15) is 6.10 Å². The van der Waals surface area contributed by atoms with E-state index in [1.54, 1.807) is 0 Å². The van der Waals surface area contributed by atoms with E-state index >= 15 is 0 Å². The number of hydrogen-bond acceptors (Lipinski definition) is 3. The molecule has 3 rings (SSSR count). The molecule has 0 amide bonds. The van der Waals surface area contributed by atoms with Gasteiger partial charge in [0.05, 0.1) is 6.20 Å². The van der Waals surface area contributed by atoms with Crippen LogP contribution in [0, 0.1) is 0 Å². The predicted molar refractivity (Wildman–Crippen MR) is 92.7 cm³/mol. The van der Waals surface area contributed by atoms with Crippen molar-refractivity contribution in [1.82, 2.24) is 14.7 Å². The van der Waals surface area contributed by atoms with Crippen LogP contribution < -0.4 is 0 Å². The van der Waals surface area contributed by atoms with Crippen molar-refractivity contribution in [2.75, 3.05) is 20.2 Å². The number of halogens is 1. The van der Waals surface area contributed by atoms with Gasteiger partial charge in [-0.05, 0) is 50.6 Å². The van der Waals surface area contributed by atoms with E-state index in [9.17, 15) is 0 Å². The largest absolute Gasteiger partial charge is 0.369 e. The quantitative estimate of drug-likeness (QED) is 0.808. The predicted octanol–water partition coefficient (Wildman–Crippen LogP) is 3.66. The molecule has 1 saturated heterocycles. The Hall–Kier alpha value is -1.36. The monoisotopic (exact) mass is 333 g/mol. The summed E-state index contributed by atoms with van der Waals surface area (Å²) in [6, 6.07) is 8.53. The van der Waals surface area contributed by atoms with E-state index in [0.29, 0.717) is 6.04 Å². The normalized spacial score (nSPS) is 20.0. The summed E-state index contributed by atoms with van der Waals surface area (Å²) in [6.45, 7) is 1.95. The van der Waals surface area contributed by atoms with Gasteiger partial charge in [-0.3, -0.25) is 4.68 Å². The molecule has 0 radical (unpaired) electrons. The second kappa shape index (κ2) is 7.47. The zero-order valence-electron chi connectivity index (χ0n) is 13.8. The number of rotatable bonds is 6. The summed E-state index contributed by atoms with van der Waals surface area (Å²) in [6.07, 6.45) is 7.44. The molecule has 23 heavy (non-hydrogen) atoms. The second-order valence-electron chi connectivity index (χ2n) is 6.32. The zero-order chi connectivity index (χ0) is 16.2. The second-order valence-corrected chi connectivity index (χ2v) is 6.75. The minimum atomic E-state index is -0.0901. The molecule has 2 heterocycles. The third-order valence-corrected chi connectivity index (χ3v) is 4.86. The Bertz CT molecular complexity index is 625. The molecular formula is C18H24ClN3O. The van der Waals surface area contributed by atoms with Gasteiger partial charge in [-0.1, -0.05) is 23.7 Å². The first-order chi connectivity index (χ1) is 11.1. The first-order valence-corrected chi connectivity index (χ1v) is 8.57. The number of aromatic nitrogens is 2. The summed E-state index contributed by atoms with van der Waals surface area (Å²) in [7, 11) is 4.13. The Kier molecular flexibility index (Phi) is 5.36. The number of nitrogens with zero attached hydrogens (tertiary/aromatic N) is 3. The molecule has 2 aromatic rings. The molecule has 1 fully saturated rings. The van der Waals surface area contributed by atoms with E-state index in [2.05, 4.69) is 17.0 Å². The van der Waals surface area contributed by atoms with E-state index in [-0.39, 0.29) is 6.10 Å². The lowest BCUT2D eigenvalue weighted by Gasteiger charge is -2.22. The molecule has 5 heteroatoms. The van der Waals surface area contributed by atoms with Gasteiger partial charge in [0, 0.05) is 36.5 Å². The first-order valence-electron chi connectivity index (χ1n) is 8.19. The molecule has 1 aromatic carbocycles. The fourth-order valence-corrected chi connectivity index (χ4v) is 3.39. The highest BCUT2D eigenvalue weighted by Gasteiger charge is 2.22. The van der Waals surface area contributed by atoms with Gasteiger partial charge in [0.15, 0.2) is 0 Å². The Balaban J connectivity index is 1.69. The lowest BCUT2D eigenvalue weighted by molar-refractivity contribution is 0.0660. The molecule has 1 aliphatic heterocycles. The van der Waals surface area contributed by atoms with E-state index in [4.69, 9.17) is 16.3 Å². The van der Waals surface area contributed by atoms with Gasteiger partial charge < -0.3 is 9.64 Å². The fraction of sp³-hybridized carbons (Fsp3) is 0.500. The molecule has 1 aromatic heterocycles. The average molecular weight is 334 g/mol.